The summed E-state index contributed by atoms with van der Waals surface area (Å²) in [4.78, 5) is 0. The van der Waals surface area contributed by atoms with Gasteiger partial charge in [0.05, 0.1) is 18.8 Å². The number of ether oxygens (including phenoxy) is 1. The maximum Gasteiger partial charge on any atom is 0.0897 e. The van der Waals surface area contributed by atoms with E-state index in [1.165, 1.54) is 12.8 Å². The van der Waals surface area contributed by atoms with Crippen molar-refractivity contribution in [3.8, 4) is 0 Å². The van der Waals surface area contributed by atoms with Gasteiger partial charge in [0.15, 0.2) is 0 Å². The van der Waals surface area contributed by atoms with Crippen LogP contribution < -0.4 is 5.32 Å². The van der Waals surface area contributed by atoms with E-state index in [9.17, 15) is 5.11 Å². The molecule has 0 spiro atoms. The van der Waals surface area contributed by atoms with E-state index in [-0.39, 0.29) is 0 Å². The largest absolute Gasteiger partial charge is 0.396 e. The van der Waals surface area contributed by atoms with Crippen LogP contribution in [0, 0.1) is 5.92 Å². The van der Waals surface area contributed by atoms with Gasteiger partial charge < -0.3 is 20.3 Å². The Bertz CT molecular complexity index is 226. The molecule has 0 radical (unpaired) electrons. The number of aliphatic hydroxyl groups is 2. The summed E-state index contributed by atoms with van der Waals surface area (Å²) in [5.41, 5.74) is 0. The first kappa shape index (κ1) is 17.9. The summed E-state index contributed by atoms with van der Waals surface area (Å²) < 4.78 is 5.81. The minimum atomic E-state index is -0.398. The first-order valence-electron chi connectivity index (χ1n) is 8.33. The van der Waals surface area contributed by atoms with E-state index in [0.717, 1.165) is 51.0 Å². The molecule has 1 rings (SSSR count). The highest BCUT2D eigenvalue weighted by Gasteiger charge is 2.20. The maximum atomic E-state index is 9.87. The monoisotopic (exact) mass is 287 g/mol. The molecule has 4 heteroatoms. The minimum Gasteiger partial charge on any atom is -0.396 e. The molecule has 0 aromatic heterocycles. The molecule has 20 heavy (non-hydrogen) atoms. The molecule has 3 atom stereocenters. The van der Waals surface area contributed by atoms with Gasteiger partial charge in [0.25, 0.3) is 0 Å². The molecular weight excluding hydrogens is 254 g/mol. The Morgan fingerprint density at radius 3 is 2.75 bits per heavy atom. The normalized spacial score (nSPS) is 24.8. The van der Waals surface area contributed by atoms with Crippen LogP contribution in [0.2, 0.25) is 0 Å². The van der Waals surface area contributed by atoms with Crippen LogP contribution >= 0.6 is 0 Å². The molecule has 0 aromatic rings. The Morgan fingerprint density at radius 2 is 2.00 bits per heavy atom. The summed E-state index contributed by atoms with van der Waals surface area (Å²) in [6.07, 6.45) is 9.05. The Kier molecular flexibility index (Phi) is 10.3. The molecule has 3 unspecified atom stereocenters. The van der Waals surface area contributed by atoms with Gasteiger partial charge in [0.1, 0.15) is 0 Å². The van der Waals surface area contributed by atoms with Gasteiger partial charge in [-0.05, 0) is 38.1 Å². The summed E-state index contributed by atoms with van der Waals surface area (Å²) in [5, 5.41) is 21.8. The molecule has 1 saturated carbocycles. The number of aliphatic hydroxyl groups excluding tert-OH is 2. The lowest BCUT2D eigenvalue weighted by Crippen LogP contribution is -2.33. The van der Waals surface area contributed by atoms with Crippen LogP contribution in [0.4, 0.5) is 0 Å². The molecule has 0 amide bonds. The molecule has 0 aliphatic heterocycles. The molecule has 1 aliphatic carbocycles. The van der Waals surface area contributed by atoms with Crippen LogP contribution in [0.5, 0.6) is 0 Å². The van der Waals surface area contributed by atoms with E-state index in [0.29, 0.717) is 25.9 Å². The number of unbranched alkanes of at least 4 members (excludes halogenated alkanes) is 3. The summed E-state index contributed by atoms with van der Waals surface area (Å²) in [7, 11) is 0. The van der Waals surface area contributed by atoms with Crippen molar-refractivity contribution in [2.24, 2.45) is 5.92 Å². The van der Waals surface area contributed by atoms with Crippen LogP contribution in [0.25, 0.3) is 0 Å². The van der Waals surface area contributed by atoms with Crippen molar-refractivity contribution in [2.75, 3.05) is 26.3 Å². The van der Waals surface area contributed by atoms with Crippen molar-refractivity contribution in [1.29, 1.82) is 0 Å². The summed E-state index contributed by atoms with van der Waals surface area (Å²) >= 11 is 0. The van der Waals surface area contributed by atoms with Crippen LogP contribution in [0.3, 0.4) is 0 Å². The van der Waals surface area contributed by atoms with E-state index in [1.807, 2.05) is 0 Å². The lowest BCUT2D eigenvalue weighted by Gasteiger charge is -2.27. The van der Waals surface area contributed by atoms with Gasteiger partial charge in [-0.3, -0.25) is 0 Å². The van der Waals surface area contributed by atoms with Crippen molar-refractivity contribution in [3.05, 3.63) is 0 Å². The van der Waals surface area contributed by atoms with E-state index in [4.69, 9.17) is 9.84 Å². The minimum absolute atomic E-state index is 0.295. The van der Waals surface area contributed by atoms with Gasteiger partial charge in [0, 0.05) is 13.2 Å². The summed E-state index contributed by atoms with van der Waals surface area (Å²) in [6.45, 7) is 4.58. The molecule has 0 saturated heterocycles. The molecule has 1 fully saturated rings. The van der Waals surface area contributed by atoms with Gasteiger partial charge in [0.2, 0.25) is 0 Å². The standard InChI is InChI=1S/C16H33NO3/c1-14-7-6-8-16(11-14)20-13-15(19)12-17-9-4-2-3-5-10-18/h14-19H,2-13H2,1H3. The third-order valence-electron chi connectivity index (χ3n) is 4.05. The molecular formula is C16H33NO3. The number of nitrogens with one attached hydrogen (secondary N) is 1. The second-order valence-electron chi connectivity index (χ2n) is 6.22. The molecule has 4 nitrogen and oxygen atoms in total. The Morgan fingerprint density at radius 1 is 1.20 bits per heavy atom. The van der Waals surface area contributed by atoms with Gasteiger partial charge >= 0.3 is 0 Å². The van der Waals surface area contributed by atoms with Crippen molar-refractivity contribution < 1.29 is 14.9 Å². The lowest BCUT2D eigenvalue weighted by atomic mass is 9.89. The molecule has 0 heterocycles. The topological polar surface area (TPSA) is 61.7 Å². The zero-order valence-electron chi connectivity index (χ0n) is 13.0. The summed E-state index contributed by atoms with van der Waals surface area (Å²) in [5.74, 6) is 0.767. The van der Waals surface area contributed by atoms with Crippen molar-refractivity contribution in [3.63, 3.8) is 0 Å². The maximum absolute atomic E-state index is 9.87. The van der Waals surface area contributed by atoms with Gasteiger partial charge in [-0.25, -0.2) is 0 Å². The van der Waals surface area contributed by atoms with E-state index >= 15 is 0 Å². The van der Waals surface area contributed by atoms with Crippen LogP contribution in [0.15, 0.2) is 0 Å². The molecule has 3 N–H and O–H groups in total. The highest BCUT2D eigenvalue weighted by Crippen LogP contribution is 2.25. The quantitative estimate of drug-likeness (QED) is 0.509. The first-order valence-corrected chi connectivity index (χ1v) is 8.33. The highest BCUT2D eigenvalue weighted by atomic mass is 16.5. The van der Waals surface area contributed by atoms with Crippen molar-refractivity contribution in [1.82, 2.24) is 5.32 Å². The molecule has 120 valence electrons. The highest BCUT2D eigenvalue weighted by molar-refractivity contribution is 4.71. The number of hydrogen-bond acceptors (Lipinski definition) is 4. The third-order valence-corrected chi connectivity index (χ3v) is 4.05. The van der Waals surface area contributed by atoms with Crippen LogP contribution in [-0.4, -0.2) is 48.7 Å². The molecule has 0 aromatic carbocycles. The fourth-order valence-electron chi connectivity index (χ4n) is 2.82. The van der Waals surface area contributed by atoms with Crippen LogP contribution in [0.1, 0.15) is 58.3 Å². The average molecular weight is 287 g/mol. The molecule has 1 aliphatic rings. The van der Waals surface area contributed by atoms with Gasteiger partial charge in [-0.2, -0.15) is 0 Å². The summed E-state index contributed by atoms with van der Waals surface area (Å²) in [6, 6.07) is 0. The molecule has 0 bridgehead atoms. The Hall–Kier alpha value is -0.160. The zero-order valence-corrected chi connectivity index (χ0v) is 13.0. The predicted octanol–water partition coefficient (Wildman–Crippen LogP) is 2.08. The number of hydrogen-bond donors (Lipinski definition) is 3. The van der Waals surface area contributed by atoms with Crippen LogP contribution in [-0.2, 0) is 4.74 Å². The second kappa shape index (κ2) is 11.5. The van der Waals surface area contributed by atoms with Crippen molar-refractivity contribution in [2.45, 2.75) is 70.5 Å². The second-order valence-corrected chi connectivity index (χ2v) is 6.22. The average Bonchev–Trinajstić information content (AvgIpc) is 2.44. The smallest absolute Gasteiger partial charge is 0.0897 e. The van der Waals surface area contributed by atoms with E-state index in [1.54, 1.807) is 0 Å². The Labute approximate surface area is 123 Å². The third kappa shape index (κ3) is 8.90. The van der Waals surface area contributed by atoms with Gasteiger partial charge in [-0.15, -0.1) is 0 Å². The fraction of sp³-hybridized carbons (Fsp3) is 1.00. The fourth-order valence-corrected chi connectivity index (χ4v) is 2.82. The zero-order chi connectivity index (χ0) is 14.6. The lowest BCUT2D eigenvalue weighted by molar-refractivity contribution is -0.0305. The predicted molar refractivity (Wildman–Crippen MR) is 81.8 cm³/mol. The van der Waals surface area contributed by atoms with Gasteiger partial charge in [-0.1, -0.05) is 32.6 Å². The van der Waals surface area contributed by atoms with E-state index in [2.05, 4.69) is 12.2 Å². The first-order chi connectivity index (χ1) is 9.72. The SMILES string of the molecule is CC1CCCC(OCC(O)CNCCCCCCO)C1. The van der Waals surface area contributed by atoms with Crippen molar-refractivity contribution >= 4 is 0 Å². The number of rotatable bonds is 11. The van der Waals surface area contributed by atoms with E-state index < -0.39 is 6.10 Å². The Balaban J connectivity index is 1.91.